The maximum atomic E-state index is 8.83. The van der Waals surface area contributed by atoms with Gasteiger partial charge < -0.3 is 13.6 Å². The molecule has 0 saturated carbocycles. The van der Waals surface area contributed by atoms with Gasteiger partial charge in [-0.05, 0) is 0 Å². The molecule has 0 aliphatic carbocycles. The molecule has 0 spiro atoms. The van der Waals surface area contributed by atoms with Crippen molar-refractivity contribution < 1.29 is 46.4 Å². The summed E-state index contributed by atoms with van der Waals surface area (Å²) in [7, 11) is 0.201. The van der Waals surface area contributed by atoms with Gasteiger partial charge in [0.25, 0.3) is 0 Å². The first-order valence-electron chi connectivity index (χ1n) is 1.95. The minimum absolute atomic E-state index is 0. The maximum absolute atomic E-state index is 8.83. The Hall–Kier alpha value is 1.20. The summed E-state index contributed by atoms with van der Waals surface area (Å²) < 4.78 is 9.12. The van der Waals surface area contributed by atoms with Gasteiger partial charge in [0.15, 0.2) is 0 Å². The van der Waals surface area contributed by atoms with Crippen LogP contribution in [0, 0.1) is 0 Å². The van der Waals surface area contributed by atoms with Crippen LogP contribution in [0.5, 0.6) is 0 Å². The summed E-state index contributed by atoms with van der Waals surface area (Å²) in [5.41, 5.74) is 0. The zero-order chi connectivity index (χ0) is 5.91. The van der Waals surface area contributed by atoms with Gasteiger partial charge in [0.05, 0.1) is 0 Å². The summed E-state index contributed by atoms with van der Waals surface area (Å²) in [4.78, 5) is 8.83. The predicted octanol–water partition coefficient (Wildman–Crippen LogP) is -0.162. The first kappa shape index (κ1) is 11.9. The van der Waals surface area contributed by atoms with Gasteiger partial charge in [-0.3, -0.25) is 0 Å². The second kappa shape index (κ2) is 5.02. The van der Waals surface area contributed by atoms with Gasteiger partial charge in [-0.25, -0.2) is 0 Å². The SMILES string of the molecule is CO[Si](C)(O)OC.[Y]. The molecular formula is C3H10O3SiY. The van der Waals surface area contributed by atoms with Crippen LogP contribution in [0.4, 0.5) is 0 Å². The van der Waals surface area contributed by atoms with Gasteiger partial charge in [0.2, 0.25) is 0 Å². The molecule has 0 aromatic heterocycles. The first-order valence-corrected chi connectivity index (χ1v) is 4.21. The van der Waals surface area contributed by atoms with E-state index >= 15 is 0 Å². The van der Waals surface area contributed by atoms with Crippen LogP contribution in [0.15, 0.2) is 0 Å². The fraction of sp³-hybridized carbons (Fsp3) is 1.00. The molecule has 0 aliphatic rings. The summed E-state index contributed by atoms with van der Waals surface area (Å²) in [6.07, 6.45) is 0. The van der Waals surface area contributed by atoms with Crippen molar-refractivity contribution in [3.8, 4) is 0 Å². The van der Waals surface area contributed by atoms with E-state index in [4.69, 9.17) is 4.80 Å². The van der Waals surface area contributed by atoms with Crippen molar-refractivity contribution in [2.45, 2.75) is 6.55 Å². The largest absolute Gasteiger partial charge is 0.494 e. The molecule has 0 unspecified atom stereocenters. The van der Waals surface area contributed by atoms with Crippen LogP contribution in [0.1, 0.15) is 0 Å². The molecule has 8 heavy (non-hydrogen) atoms. The second-order valence-electron chi connectivity index (χ2n) is 1.31. The maximum Gasteiger partial charge on any atom is 0.494 e. The summed E-state index contributed by atoms with van der Waals surface area (Å²) in [5, 5.41) is 0. The van der Waals surface area contributed by atoms with Crippen molar-refractivity contribution in [2.75, 3.05) is 14.2 Å². The van der Waals surface area contributed by atoms with Crippen molar-refractivity contribution in [3.05, 3.63) is 0 Å². The van der Waals surface area contributed by atoms with Crippen LogP contribution in [0.25, 0.3) is 0 Å². The Morgan fingerprint density at radius 3 is 1.50 bits per heavy atom. The quantitative estimate of drug-likeness (QED) is 0.645. The van der Waals surface area contributed by atoms with E-state index in [0.717, 1.165) is 0 Å². The third-order valence-corrected chi connectivity index (χ3v) is 2.27. The minimum Gasteiger partial charge on any atom is -0.390 e. The molecule has 0 amide bonds. The molecule has 0 rings (SSSR count). The third-order valence-electron chi connectivity index (χ3n) is 0.757. The Morgan fingerprint density at radius 1 is 1.25 bits per heavy atom. The normalized spacial score (nSPS) is 10.5. The van der Waals surface area contributed by atoms with Gasteiger partial charge in [-0.15, -0.1) is 0 Å². The van der Waals surface area contributed by atoms with Crippen LogP contribution in [-0.2, 0) is 41.6 Å². The average molecular weight is 211 g/mol. The smallest absolute Gasteiger partial charge is 0.390 e. The van der Waals surface area contributed by atoms with Crippen LogP contribution in [0.3, 0.4) is 0 Å². The van der Waals surface area contributed by atoms with Gasteiger partial charge >= 0.3 is 8.80 Å². The molecule has 0 heterocycles. The van der Waals surface area contributed by atoms with Gasteiger partial charge in [-0.1, -0.05) is 0 Å². The van der Waals surface area contributed by atoms with E-state index in [1.165, 1.54) is 14.2 Å². The molecule has 0 atom stereocenters. The minimum atomic E-state index is -2.65. The van der Waals surface area contributed by atoms with E-state index in [0.29, 0.717) is 0 Å². The van der Waals surface area contributed by atoms with E-state index in [2.05, 4.69) is 8.85 Å². The fourth-order valence-electron chi connectivity index (χ4n) is 0.0833. The molecule has 0 fully saturated rings. The summed E-state index contributed by atoms with van der Waals surface area (Å²) >= 11 is 0. The van der Waals surface area contributed by atoms with Crippen molar-refractivity contribution >= 4 is 8.80 Å². The molecule has 1 N–H and O–H groups in total. The van der Waals surface area contributed by atoms with Gasteiger partial charge in [-0.2, -0.15) is 0 Å². The predicted molar refractivity (Wildman–Crippen MR) is 27.9 cm³/mol. The van der Waals surface area contributed by atoms with Crippen molar-refractivity contribution in [1.29, 1.82) is 0 Å². The molecule has 0 aromatic rings. The van der Waals surface area contributed by atoms with E-state index in [1.807, 2.05) is 0 Å². The Bertz CT molecular complexity index is 52.5. The van der Waals surface area contributed by atoms with Gasteiger partial charge in [0.1, 0.15) is 0 Å². The standard InChI is InChI=1S/C3H10O3Si.Y/c1-5-7(3,4)6-2;/h4H,1-3H3;. The summed E-state index contributed by atoms with van der Waals surface area (Å²) in [5.74, 6) is 0. The fourth-order valence-corrected chi connectivity index (χ4v) is 0.250. The third kappa shape index (κ3) is 5.34. The molecule has 0 saturated heterocycles. The summed E-state index contributed by atoms with van der Waals surface area (Å²) in [6, 6.07) is 0. The monoisotopic (exact) mass is 211 g/mol. The molecule has 5 heteroatoms. The van der Waals surface area contributed by atoms with Crippen LogP contribution in [-0.4, -0.2) is 27.8 Å². The Balaban J connectivity index is 0. The zero-order valence-electron chi connectivity index (χ0n) is 5.34. The summed E-state index contributed by atoms with van der Waals surface area (Å²) in [6.45, 7) is 1.55. The van der Waals surface area contributed by atoms with E-state index < -0.39 is 8.80 Å². The number of hydrogen-bond acceptors (Lipinski definition) is 3. The van der Waals surface area contributed by atoms with Crippen molar-refractivity contribution in [1.82, 2.24) is 0 Å². The molecular weight excluding hydrogens is 201 g/mol. The van der Waals surface area contributed by atoms with E-state index in [1.54, 1.807) is 6.55 Å². The van der Waals surface area contributed by atoms with E-state index in [9.17, 15) is 0 Å². The second-order valence-corrected chi connectivity index (χ2v) is 3.92. The Kier molecular flexibility index (Phi) is 7.49. The molecule has 0 aromatic carbocycles. The average Bonchev–Trinajstić information content (AvgIpc) is 1.68. The molecule has 0 bridgehead atoms. The molecule has 1 radical (unpaired) electrons. The van der Waals surface area contributed by atoms with Crippen molar-refractivity contribution in [3.63, 3.8) is 0 Å². The Labute approximate surface area is 75.6 Å². The number of hydrogen-bond donors (Lipinski definition) is 1. The molecule has 0 aliphatic heterocycles. The topological polar surface area (TPSA) is 38.7 Å². The van der Waals surface area contributed by atoms with Crippen LogP contribution >= 0.6 is 0 Å². The molecule has 3 nitrogen and oxygen atoms in total. The molecule has 47 valence electrons. The van der Waals surface area contributed by atoms with Crippen LogP contribution < -0.4 is 0 Å². The first-order chi connectivity index (χ1) is 3.12. The number of rotatable bonds is 2. The van der Waals surface area contributed by atoms with Crippen molar-refractivity contribution in [2.24, 2.45) is 0 Å². The Morgan fingerprint density at radius 2 is 1.50 bits per heavy atom. The van der Waals surface area contributed by atoms with Crippen LogP contribution in [0.2, 0.25) is 6.55 Å². The van der Waals surface area contributed by atoms with E-state index in [-0.39, 0.29) is 32.7 Å². The van der Waals surface area contributed by atoms with Gasteiger partial charge in [0, 0.05) is 53.5 Å². The zero-order valence-corrected chi connectivity index (χ0v) is 9.18.